The molecule has 0 unspecified atom stereocenters. The maximum absolute atomic E-state index is 12.7. The van der Waals surface area contributed by atoms with Gasteiger partial charge in [0, 0.05) is 25.7 Å². The van der Waals surface area contributed by atoms with E-state index in [9.17, 15) is 9.59 Å². The van der Waals surface area contributed by atoms with E-state index in [2.05, 4.69) is 27.2 Å². The minimum absolute atomic E-state index is 0.217. The van der Waals surface area contributed by atoms with E-state index < -0.39 is 5.56 Å². The molecule has 0 spiro atoms. The van der Waals surface area contributed by atoms with Crippen molar-refractivity contribution in [1.82, 2.24) is 19.9 Å². The summed E-state index contributed by atoms with van der Waals surface area (Å²) in [4.78, 5) is 31.5. The predicted octanol–water partition coefficient (Wildman–Crippen LogP) is 2.63. The Hall–Kier alpha value is -2.74. The van der Waals surface area contributed by atoms with Crippen molar-refractivity contribution < 1.29 is 4.79 Å². The van der Waals surface area contributed by atoms with Gasteiger partial charge >= 0.3 is 0 Å². The topological polar surface area (TPSA) is 79.6 Å². The first kappa shape index (κ1) is 18.6. The van der Waals surface area contributed by atoms with Crippen LogP contribution in [-0.4, -0.2) is 33.6 Å². The predicted molar refractivity (Wildman–Crippen MR) is 110 cm³/mol. The van der Waals surface area contributed by atoms with Crippen molar-refractivity contribution in [2.24, 2.45) is 5.92 Å². The third-order valence-corrected chi connectivity index (χ3v) is 5.95. The molecule has 3 heterocycles. The van der Waals surface area contributed by atoms with Crippen molar-refractivity contribution in [3.05, 3.63) is 57.5 Å². The van der Waals surface area contributed by atoms with Gasteiger partial charge < -0.3 is 10.2 Å². The number of nitrogens with zero attached hydrogens (tertiary/aromatic N) is 4. The summed E-state index contributed by atoms with van der Waals surface area (Å²) in [5, 5.41) is 8.28. The number of rotatable bonds is 4. The molecule has 7 nitrogen and oxygen atoms in total. The molecule has 0 saturated carbocycles. The van der Waals surface area contributed by atoms with Gasteiger partial charge in [-0.15, -0.1) is 5.10 Å². The first-order chi connectivity index (χ1) is 13.5. The molecule has 1 aliphatic heterocycles. The van der Waals surface area contributed by atoms with Crippen LogP contribution in [0.2, 0.25) is 0 Å². The number of aryl methyl sites for hydroxylation is 1. The molecular formula is C20H23N5O2S. The smallest absolute Gasteiger partial charge is 0.274 e. The van der Waals surface area contributed by atoms with Gasteiger partial charge in [-0.25, -0.2) is 0 Å². The van der Waals surface area contributed by atoms with Crippen LogP contribution in [0.5, 0.6) is 0 Å². The van der Waals surface area contributed by atoms with Crippen LogP contribution >= 0.6 is 11.3 Å². The molecular weight excluding hydrogens is 374 g/mol. The van der Waals surface area contributed by atoms with Crippen molar-refractivity contribution in [2.75, 3.05) is 18.0 Å². The van der Waals surface area contributed by atoms with Crippen molar-refractivity contribution >= 4 is 27.3 Å². The van der Waals surface area contributed by atoms with E-state index in [1.165, 1.54) is 33.9 Å². The highest BCUT2D eigenvalue weighted by Gasteiger charge is 2.22. The van der Waals surface area contributed by atoms with Crippen LogP contribution < -0.4 is 15.8 Å². The molecule has 1 amide bonds. The third-order valence-electron chi connectivity index (χ3n) is 4.98. The largest absolute Gasteiger partial charge is 0.347 e. The molecule has 0 bridgehead atoms. The number of fused-ring (bicyclic) bond motifs is 1. The van der Waals surface area contributed by atoms with Gasteiger partial charge in [0.2, 0.25) is 10.1 Å². The fourth-order valence-electron chi connectivity index (χ4n) is 3.44. The molecule has 1 N–H and O–H groups in total. The fourth-order valence-corrected chi connectivity index (χ4v) is 4.38. The fraction of sp³-hybridized carbons (Fsp3) is 0.400. The Kier molecular flexibility index (Phi) is 5.13. The second-order valence-corrected chi connectivity index (χ2v) is 8.35. The van der Waals surface area contributed by atoms with E-state index >= 15 is 0 Å². The van der Waals surface area contributed by atoms with Crippen molar-refractivity contribution in [1.29, 1.82) is 0 Å². The zero-order valence-electron chi connectivity index (χ0n) is 16.0. The quantitative estimate of drug-likeness (QED) is 0.732. The summed E-state index contributed by atoms with van der Waals surface area (Å²) in [5.41, 5.74) is 1.95. The number of anilines is 1. The summed E-state index contributed by atoms with van der Waals surface area (Å²) in [6, 6.07) is 9.20. The molecule has 1 saturated heterocycles. The van der Waals surface area contributed by atoms with Crippen LogP contribution in [0, 0.1) is 12.8 Å². The second kappa shape index (κ2) is 7.71. The monoisotopic (exact) mass is 397 g/mol. The molecule has 1 aliphatic rings. The lowest BCUT2D eigenvalue weighted by Gasteiger charge is -2.30. The average Bonchev–Trinajstić information content (AvgIpc) is 3.10. The summed E-state index contributed by atoms with van der Waals surface area (Å²) in [6.07, 6.45) is 2.33. The van der Waals surface area contributed by atoms with Gasteiger partial charge in [-0.1, -0.05) is 48.1 Å². The van der Waals surface area contributed by atoms with E-state index in [-0.39, 0.29) is 11.6 Å². The van der Waals surface area contributed by atoms with E-state index in [1.54, 1.807) is 0 Å². The summed E-state index contributed by atoms with van der Waals surface area (Å²) in [7, 11) is 0. The number of piperidine rings is 1. The first-order valence-electron chi connectivity index (χ1n) is 9.49. The number of aromatic nitrogens is 3. The summed E-state index contributed by atoms with van der Waals surface area (Å²) in [6.45, 7) is 6.50. The minimum atomic E-state index is -0.428. The Morgan fingerprint density at radius 3 is 2.86 bits per heavy atom. The van der Waals surface area contributed by atoms with Gasteiger partial charge in [-0.3, -0.25) is 9.59 Å². The first-order valence-corrected chi connectivity index (χ1v) is 10.3. The number of hydrogen-bond donors (Lipinski definition) is 1. The molecule has 28 heavy (non-hydrogen) atoms. The molecule has 1 fully saturated rings. The number of carbonyl (C=O) groups is 1. The van der Waals surface area contributed by atoms with E-state index in [0.717, 1.165) is 30.2 Å². The van der Waals surface area contributed by atoms with Gasteiger partial charge in [0.1, 0.15) is 5.69 Å². The maximum Gasteiger partial charge on any atom is 0.274 e. The Morgan fingerprint density at radius 1 is 1.32 bits per heavy atom. The summed E-state index contributed by atoms with van der Waals surface area (Å²) >= 11 is 1.35. The van der Waals surface area contributed by atoms with Crippen LogP contribution in [0.3, 0.4) is 0 Å². The Bertz CT molecular complexity index is 1060. The minimum Gasteiger partial charge on any atom is -0.347 e. The Morgan fingerprint density at radius 2 is 2.11 bits per heavy atom. The highest BCUT2D eigenvalue weighted by Crippen LogP contribution is 2.27. The Balaban J connectivity index is 1.59. The van der Waals surface area contributed by atoms with Gasteiger partial charge in [0.05, 0.1) is 0 Å². The number of amides is 1. The number of benzene rings is 1. The molecule has 0 radical (unpaired) electrons. The van der Waals surface area contributed by atoms with Gasteiger partial charge in [-0.05, 0) is 31.2 Å². The van der Waals surface area contributed by atoms with Crippen molar-refractivity contribution in [3.8, 4) is 0 Å². The zero-order valence-corrected chi connectivity index (χ0v) is 16.8. The average molecular weight is 398 g/mol. The molecule has 3 aromatic rings. The molecule has 2 aromatic heterocycles. The second-order valence-electron chi connectivity index (χ2n) is 7.42. The molecule has 8 heteroatoms. The van der Waals surface area contributed by atoms with Crippen LogP contribution in [-0.2, 0) is 6.54 Å². The molecule has 1 atom stereocenters. The standard InChI is InChI=1S/C20H23N5O2S/c1-13-5-7-15(8-6-13)11-21-18(27)16-10-17(26)22-19-25(16)23-20(28-19)24-9-3-4-14(2)12-24/h5-8,10,14H,3-4,9,11-12H2,1-2H3,(H,21,27)/t14-/m0/s1. The Labute approximate surface area is 167 Å². The lowest BCUT2D eigenvalue weighted by molar-refractivity contribution is 0.0943. The van der Waals surface area contributed by atoms with Crippen molar-refractivity contribution in [3.63, 3.8) is 0 Å². The van der Waals surface area contributed by atoms with Gasteiger partial charge in [-0.2, -0.15) is 9.50 Å². The lowest BCUT2D eigenvalue weighted by atomic mass is 10.0. The van der Waals surface area contributed by atoms with E-state index in [0.29, 0.717) is 17.4 Å². The number of carbonyl (C=O) groups excluding carboxylic acids is 1. The highest BCUT2D eigenvalue weighted by atomic mass is 32.1. The maximum atomic E-state index is 12.7. The van der Waals surface area contributed by atoms with Gasteiger partial charge in [0.15, 0.2) is 0 Å². The van der Waals surface area contributed by atoms with Crippen LogP contribution in [0.25, 0.3) is 4.96 Å². The number of nitrogens with one attached hydrogen (secondary N) is 1. The zero-order chi connectivity index (χ0) is 19.7. The SMILES string of the molecule is Cc1ccc(CNC(=O)c2cc(=O)nc3sc(N4CCC[C@H](C)C4)nn23)cc1. The van der Waals surface area contributed by atoms with E-state index in [1.807, 2.05) is 31.2 Å². The molecule has 4 rings (SSSR count). The third kappa shape index (κ3) is 3.91. The van der Waals surface area contributed by atoms with Crippen LogP contribution in [0.4, 0.5) is 5.13 Å². The number of hydrogen-bond acceptors (Lipinski definition) is 6. The summed E-state index contributed by atoms with van der Waals surface area (Å²) in [5.74, 6) is 0.269. The normalized spacial score (nSPS) is 17.1. The highest BCUT2D eigenvalue weighted by molar-refractivity contribution is 7.20. The van der Waals surface area contributed by atoms with Gasteiger partial charge in [0.25, 0.3) is 11.5 Å². The van der Waals surface area contributed by atoms with Crippen molar-refractivity contribution in [2.45, 2.75) is 33.2 Å². The molecule has 146 valence electrons. The molecule has 0 aliphatic carbocycles. The molecule has 1 aromatic carbocycles. The van der Waals surface area contributed by atoms with Crippen LogP contribution in [0.1, 0.15) is 41.4 Å². The van der Waals surface area contributed by atoms with Crippen LogP contribution in [0.15, 0.2) is 35.1 Å². The lowest BCUT2D eigenvalue weighted by Crippen LogP contribution is -2.34. The van der Waals surface area contributed by atoms with E-state index in [4.69, 9.17) is 0 Å². The summed E-state index contributed by atoms with van der Waals surface area (Å²) < 4.78 is 1.49.